The second-order valence-corrected chi connectivity index (χ2v) is 2.22. The lowest BCUT2D eigenvalue weighted by Crippen LogP contribution is -2.27. The summed E-state index contributed by atoms with van der Waals surface area (Å²) >= 11 is 0. The van der Waals surface area contributed by atoms with E-state index in [-0.39, 0.29) is 12.5 Å². The number of aliphatic imine (C=N–C) groups is 1. The predicted molar refractivity (Wildman–Crippen MR) is 39.6 cm³/mol. The van der Waals surface area contributed by atoms with Gasteiger partial charge in [-0.3, -0.25) is 0 Å². The minimum Gasteiger partial charge on any atom is -0.464 e. The van der Waals surface area contributed by atoms with E-state index in [1.807, 2.05) is 0 Å². The number of carbonyl (C=O) groups excluding carboxylic acids is 2. The van der Waals surface area contributed by atoms with Gasteiger partial charge in [0.15, 0.2) is 5.90 Å². The van der Waals surface area contributed by atoms with Crippen LogP contribution in [-0.4, -0.2) is 30.5 Å². The summed E-state index contributed by atoms with van der Waals surface area (Å²) in [7, 11) is 0. The smallest absolute Gasteiger partial charge is 0.349 e. The molecule has 1 atom stereocenters. The number of esters is 2. The molecule has 0 amide bonds. The molecular formula is C7H9NO4. The Bertz CT molecular complexity index is 246. The molecule has 0 aromatic carbocycles. The van der Waals surface area contributed by atoms with E-state index in [1.54, 1.807) is 6.92 Å². The molecule has 1 heterocycles. The van der Waals surface area contributed by atoms with Crippen LogP contribution in [0.5, 0.6) is 0 Å². The maximum atomic E-state index is 11.0. The standard InChI is InChI=1S/C7H9NO4/c1-3-11-6(9)5-7(10)12-4(2)8-5/h5H,3H2,1-2H3. The van der Waals surface area contributed by atoms with E-state index >= 15 is 0 Å². The highest BCUT2D eigenvalue weighted by molar-refractivity contribution is 6.08. The van der Waals surface area contributed by atoms with Gasteiger partial charge in [-0.2, -0.15) is 0 Å². The third kappa shape index (κ3) is 1.61. The number of ether oxygens (including phenoxy) is 2. The summed E-state index contributed by atoms with van der Waals surface area (Å²) < 4.78 is 9.15. The van der Waals surface area contributed by atoms with Crippen LogP contribution in [0.15, 0.2) is 4.99 Å². The molecule has 1 aliphatic heterocycles. The van der Waals surface area contributed by atoms with Gasteiger partial charge in [0, 0.05) is 6.92 Å². The summed E-state index contributed by atoms with van der Waals surface area (Å²) in [6.45, 7) is 3.41. The molecule has 0 aromatic rings. The Labute approximate surface area is 69.4 Å². The fourth-order valence-corrected chi connectivity index (χ4v) is 0.832. The normalized spacial score (nSPS) is 21.7. The summed E-state index contributed by atoms with van der Waals surface area (Å²) in [4.78, 5) is 25.5. The average Bonchev–Trinajstić information content (AvgIpc) is 2.30. The Morgan fingerprint density at radius 3 is 2.83 bits per heavy atom. The second kappa shape index (κ2) is 3.34. The molecule has 12 heavy (non-hydrogen) atoms. The van der Waals surface area contributed by atoms with Gasteiger partial charge in [0.25, 0.3) is 0 Å². The van der Waals surface area contributed by atoms with Crippen molar-refractivity contribution < 1.29 is 19.1 Å². The van der Waals surface area contributed by atoms with Gasteiger partial charge in [0.05, 0.1) is 6.61 Å². The van der Waals surface area contributed by atoms with Gasteiger partial charge in [-0.1, -0.05) is 0 Å². The van der Waals surface area contributed by atoms with Crippen LogP contribution in [0.3, 0.4) is 0 Å². The molecule has 0 aromatic heterocycles. The van der Waals surface area contributed by atoms with Crippen LogP contribution >= 0.6 is 0 Å². The molecule has 1 rings (SSSR count). The third-order valence-corrected chi connectivity index (χ3v) is 1.29. The zero-order chi connectivity index (χ0) is 9.14. The molecule has 5 nitrogen and oxygen atoms in total. The summed E-state index contributed by atoms with van der Waals surface area (Å²) in [5, 5.41) is 0. The van der Waals surface area contributed by atoms with Gasteiger partial charge in [0.2, 0.25) is 6.04 Å². The van der Waals surface area contributed by atoms with Crippen molar-refractivity contribution in [3.63, 3.8) is 0 Å². The summed E-state index contributed by atoms with van der Waals surface area (Å²) in [5.41, 5.74) is 0. The Hall–Kier alpha value is -1.39. The largest absolute Gasteiger partial charge is 0.464 e. The van der Waals surface area contributed by atoms with Crippen LogP contribution in [0.2, 0.25) is 0 Å². The van der Waals surface area contributed by atoms with Crippen LogP contribution in [-0.2, 0) is 19.1 Å². The molecule has 66 valence electrons. The molecule has 0 spiro atoms. The number of hydrogen-bond acceptors (Lipinski definition) is 5. The van der Waals surface area contributed by atoms with Crippen LogP contribution in [0, 0.1) is 0 Å². The second-order valence-electron chi connectivity index (χ2n) is 2.22. The van der Waals surface area contributed by atoms with Crippen molar-refractivity contribution >= 4 is 17.8 Å². The van der Waals surface area contributed by atoms with Crippen molar-refractivity contribution in [3.8, 4) is 0 Å². The van der Waals surface area contributed by atoms with Gasteiger partial charge >= 0.3 is 11.9 Å². The number of rotatable bonds is 2. The van der Waals surface area contributed by atoms with Crippen molar-refractivity contribution in [2.24, 2.45) is 4.99 Å². The quantitative estimate of drug-likeness (QED) is 0.429. The molecule has 0 saturated heterocycles. The topological polar surface area (TPSA) is 65.0 Å². The van der Waals surface area contributed by atoms with Crippen molar-refractivity contribution in [1.29, 1.82) is 0 Å². The lowest BCUT2D eigenvalue weighted by Gasteiger charge is -2.01. The maximum absolute atomic E-state index is 11.0. The van der Waals surface area contributed by atoms with E-state index in [2.05, 4.69) is 14.5 Å². The molecule has 0 N–H and O–H groups in total. The molecule has 0 aliphatic carbocycles. The summed E-state index contributed by atoms with van der Waals surface area (Å²) in [5.74, 6) is -1.11. The van der Waals surface area contributed by atoms with E-state index in [1.165, 1.54) is 6.92 Å². The van der Waals surface area contributed by atoms with Gasteiger partial charge < -0.3 is 9.47 Å². The predicted octanol–water partition coefficient (Wildman–Crippen LogP) is -0.107. The molecule has 0 fully saturated rings. The van der Waals surface area contributed by atoms with E-state index in [9.17, 15) is 9.59 Å². The van der Waals surface area contributed by atoms with Crippen molar-refractivity contribution in [1.82, 2.24) is 0 Å². The van der Waals surface area contributed by atoms with Crippen molar-refractivity contribution in [2.75, 3.05) is 6.61 Å². The summed E-state index contributed by atoms with van der Waals surface area (Å²) in [6, 6.07) is -1.11. The van der Waals surface area contributed by atoms with Crippen LogP contribution in [0.4, 0.5) is 0 Å². The highest BCUT2D eigenvalue weighted by Gasteiger charge is 2.34. The first kappa shape index (κ1) is 8.70. The maximum Gasteiger partial charge on any atom is 0.349 e. The van der Waals surface area contributed by atoms with E-state index in [0.717, 1.165) is 0 Å². The molecule has 1 aliphatic rings. The molecule has 0 bridgehead atoms. The number of cyclic esters (lactones) is 1. The molecular weight excluding hydrogens is 162 g/mol. The van der Waals surface area contributed by atoms with E-state index < -0.39 is 18.0 Å². The highest BCUT2D eigenvalue weighted by atomic mass is 16.6. The minimum absolute atomic E-state index is 0.207. The average molecular weight is 171 g/mol. The first-order valence-electron chi connectivity index (χ1n) is 3.58. The first-order valence-corrected chi connectivity index (χ1v) is 3.58. The van der Waals surface area contributed by atoms with Gasteiger partial charge in [-0.15, -0.1) is 0 Å². The fraction of sp³-hybridized carbons (Fsp3) is 0.571. The molecule has 0 saturated carbocycles. The van der Waals surface area contributed by atoms with Crippen molar-refractivity contribution in [2.45, 2.75) is 19.9 Å². The fourth-order valence-electron chi connectivity index (χ4n) is 0.832. The Morgan fingerprint density at radius 2 is 2.42 bits per heavy atom. The molecule has 1 unspecified atom stereocenters. The van der Waals surface area contributed by atoms with Gasteiger partial charge in [-0.05, 0) is 6.92 Å². The molecule has 5 heteroatoms. The Kier molecular flexibility index (Phi) is 2.42. The van der Waals surface area contributed by atoms with E-state index in [4.69, 9.17) is 0 Å². The molecule has 0 radical (unpaired) electrons. The van der Waals surface area contributed by atoms with Gasteiger partial charge in [-0.25, -0.2) is 14.6 Å². The number of nitrogens with zero attached hydrogens (tertiary/aromatic N) is 1. The zero-order valence-electron chi connectivity index (χ0n) is 6.86. The van der Waals surface area contributed by atoms with E-state index in [0.29, 0.717) is 0 Å². The Morgan fingerprint density at radius 1 is 1.75 bits per heavy atom. The SMILES string of the molecule is CCOC(=O)C1N=C(C)OC1=O. The lowest BCUT2D eigenvalue weighted by atomic mass is 10.3. The van der Waals surface area contributed by atoms with Gasteiger partial charge in [0.1, 0.15) is 0 Å². The monoisotopic (exact) mass is 171 g/mol. The number of carbonyl (C=O) groups is 2. The third-order valence-electron chi connectivity index (χ3n) is 1.29. The van der Waals surface area contributed by atoms with Crippen LogP contribution in [0.25, 0.3) is 0 Å². The van der Waals surface area contributed by atoms with Crippen LogP contribution in [0.1, 0.15) is 13.8 Å². The first-order chi connectivity index (χ1) is 5.65. The summed E-state index contributed by atoms with van der Waals surface area (Å²) in [6.07, 6.45) is 0. The Balaban J connectivity index is 2.63. The minimum atomic E-state index is -1.11. The van der Waals surface area contributed by atoms with Crippen molar-refractivity contribution in [3.05, 3.63) is 0 Å². The highest BCUT2D eigenvalue weighted by Crippen LogP contribution is 2.07. The zero-order valence-corrected chi connectivity index (χ0v) is 6.86. The number of hydrogen-bond donors (Lipinski definition) is 0. The lowest BCUT2D eigenvalue weighted by molar-refractivity contribution is -0.150. The van der Waals surface area contributed by atoms with Crippen LogP contribution < -0.4 is 0 Å².